The van der Waals surface area contributed by atoms with Crippen LogP contribution in [0.25, 0.3) is 10.8 Å². The number of hydrogen-bond donors (Lipinski definition) is 2. The minimum Gasteiger partial charge on any atom is -0.444 e. The molecule has 0 saturated heterocycles. The van der Waals surface area contributed by atoms with Gasteiger partial charge in [0.1, 0.15) is 5.60 Å². The van der Waals surface area contributed by atoms with Crippen LogP contribution in [0, 0.1) is 0 Å². The largest absolute Gasteiger partial charge is 0.444 e. The second-order valence-corrected chi connectivity index (χ2v) is 13.6. The molecule has 0 aliphatic heterocycles. The van der Waals surface area contributed by atoms with E-state index >= 15 is 0 Å². The number of rotatable bonds is 5. The number of halogens is 2. The van der Waals surface area contributed by atoms with Gasteiger partial charge in [0.05, 0.1) is 10.6 Å². The minimum atomic E-state index is -4.49. The summed E-state index contributed by atoms with van der Waals surface area (Å²) >= 11 is 11.9. The van der Waals surface area contributed by atoms with Crippen molar-refractivity contribution in [1.82, 2.24) is 0 Å². The summed E-state index contributed by atoms with van der Waals surface area (Å²) in [4.78, 5) is 22.1. The highest BCUT2D eigenvalue weighted by Gasteiger charge is 2.36. The molecule has 8 nitrogen and oxygen atoms in total. The van der Waals surface area contributed by atoms with Crippen molar-refractivity contribution in [3.8, 4) is 0 Å². The summed E-state index contributed by atoms with van der Waals surface area (Å²) in [6, 6.07) is 13.0. The predicted octanol–water partition coefficient (Wildman–Crippen LogP) is 6.50. The van der Waals surface area contributed by atoms with Crippen molar-refractivity contribution in [2.75, 3.05) is 16.1 Å². The second kappa shape index (κ2) is 9.40. The number of carbonyl (C=O) groups is 1. The first kappa shape index (κ1) is 26.3. The van der Waals surface area contributed by atoms with Crippen LogP contribution < -0.4 is 9.39 Å². The Labute approximate surface area is 208 Å². The maximum atomic E-state index is 13.3. The van der Waals surface area contributed by atoms with E-state index in [1.807, 2.05) is 0 Å². The summed E-state index contributed by atoms with van der Waals surface area (Å²) in [5.74, 6) is 0. The molecule has 2 N–H and O–H groups in total. The molecule has 3 aromatic rings. The van der Waals surface area contributed by atoms with Crippen LogP contribution in [0.1, 0.15) is 20.8 Å². The molecule has 3 rings (SSSR count). The van der Waals surface area contributed by atoms with Gasteiger partial charge < -0.3 is 9.63 Å². The van der Waals surface area contributed by atoms with Gasteiger partial charge in [-0.25, -0.2) is 13.2 Å². The van der Waals surface area contributed by atoms with Gasteiger partial charge in [0.25, 0.3) is 10.0 Å². The van der Waals surface area contributed by atoms with Crippen LogP contribution in [0.4, 0.5) is 16.2 Å². The normalized spacial score (nSPS) is 13.9. The average molecular weight is 545 g/mol. The molecule has 34 heavy (non-hydrogen) atoms. The van der Waals surface area contributed by atoms with E-state index in [0.29, 0.717) is 20.5 Å². The number of nitrogens with one attached hydrogen (secondary N) is 1. The van der Waals surface area contributed by atoms with Gasteiger partial charge in [-0.05, 0) is 74.0 Å². The lowest BCUT2D eigenvalue weighted by atomic mass is 10.1. The van der Waals surface area contributed by atoms with Crippen LogP contribution in [-0.2, 0) is 19.3 Å². The number of amides is 1. The first-order valence-corrected chi connectivity index (χ1v) is 14.2. The molecule has 1 amide bonds. The van der Waals surface area contributed by atoms with Gasteiger partial charge in [-0.3, -0.25) is 9.88 Å². The number of sulfonamides is 1. The van der Waals surface area contributed by atoms with Crippen LogP contribution in [0.15, 0.2) is 59.5 Å². The number of ether oxygens (including phenoxy) is 1. The third-order valence-corrected chi connectivity index (χ3v) is 8.78. The van der Waals surface area contributed by atoms with Crippen LogP contribution in [0.3, 0.4) is 0 Å². The molecule has 0 aromatic heterocycles. The molecule has 0 heterocycles. The fourth-order valence-corrected chi connectivity index (χ4v) is 7.41. The third kappa shape index (κ3) is 6.23. The molecule has 1 atom stereocenters. The van der Waals surface area contributed by atoms with Gasteiger partial charge in [-0.15, -0.1) is 0 Å². The standard InChI is InChI=1S/C22H23Cl2N2O6PS/c1-22(2,3)32-21(27)25-18-7-5-15-10-19(8-6-14(15)9-18)26(33(4,28)29)34(30,31)20-12-16(23)11-17(24)13-20/h5-13H,1-4H3,(H,25,27)(H,28,29). The molecule has 182 valence electrons. The number of fused-ring (bicyclic) bond motifs is 1. The average Bonchev–Trinajstić information content (AvgIpc) is 2.64. The van der Waals surface area contributed by atoms with Gasteiger partial charge in [-0.1, -0.05) is 35.3 Å². The summed E-state index contributed by atoms with van der Waals surface area (Å²) < 4.78 is 45.1. The van der Waals surface area contributed by atoms with Crippen molar-refractivity contribution in [2.24, 2.45) is 0 Å². The maximum absolute atomic E-state index is 13.3. The van der Waals surface area contributed by atoms with Crippen molar-refractivity contribution in [2.45, 2.75) is 31.3 Å². The first-order valence-electron chi connectivity index (χ1n) is 9.92. The van der Waals surface area contributed by atoms with E-state index in [-0.39, 0.29) is 20.6 Å². The summed E-state index contributed by atoms with van der Waals surface area (Å²) in [6.07, 6.45) is -0.617. The van der Waals surface area contributed by atoms with Crippen LogP contribution in [0.5, 0.6) is 0 Å². The SMILES string of the molecule is CC(C)(C)OC(=O)Nc1ccc2cc(N(P(C)(=O)O)S(=O)(=O)c3cc(Cl)cc(Cl)c3)ccc2c1. The van der Waals surface area contributed by atoms with E-state index in [2.05, 4.69) is 5.32 Å². The third-order valence-electron chi connectivity index (χ3n) is 4.39. The molecular formula is C22H23Cl2N2O6PS. The van der Waals surface area contributed by atoms with Gasteiger partial charge >= 0.3 is 13.6 Å². The first-order chi connectivity index (χ1) is 15.6. The van der Waals surface area contributed by atoms with E-state index in [4.69, 9.17) is 27.9 Å². The lowest BCUT2D eigenvalue weighted by molar-refractivity contribution is 0.0636. The molecule has 1 unspecified atom stereocenters. The molecule has 0 spiro atoms. The maximum Gasteiger partial charge on any atom is 0.412 e. The van der Waals surface area contributed by atoms with Crippen LogP contribution in [-0.4, -0.2) is 31.7 Å². The fraction of sp³-hybridized carbons (Fsp3) is 0.227. The highest BCUT2D eigenvalue weighted by molar-refractivity contribution is 8.00. The van der Waals surface area contributed by atoms with Gasteiger partial charge in [0, 0.05) is 22.4 Å². The second-order valence-electron chi connectivity index (χ2n) is 8.56. The molecular weight excluding hydrogens is 522 g/mol. The molecule has 0 fully saturated rings. The summed E-state index contributed by atoms with van der Waals surface area (Å²) in [5.41, 5.74) is -0.211. The zero-order valence-corrected chi connectivity index (χ0v) is 22.0. The Balaban J connectivity index is 2.02. The molecule has 0 aliphatic rings. The number of nitrogens with zero attached hydrogens (tertiary/aromatic N) is 1. The minimum absolute atomic E-state index is 0.0233. The molecule has 0 saturated carbocycles. The quantitative estimate of drug-likeness (QED) is 0.354. The summed E-state index contributed by atoms with van der Waals surface area (Å²) in [5, 5.41) is 4.00. The Bertz CT molecular complexity index is 1400. The van der Waals surface area contributed by atoms with E-state index in [9.17, 15) is 22.7 Å². The Hall–Kier alpha value is -2.29. The number of hydrogen-bond acceptors (Lipinski definition) is 5. The number of anilines is 2. The van der Waals surface area contributed by atoms with Crippen molar-refractivity contribution < 1.29 is 27.4 Å². The summed E-state index contributed by atoms with van der Waals surface area (Å²) in [7, 11) is -8.85. The molecule has 3 aromatic carbocycles. The Kier molecular flexibility index (Phi) is 7.27. The smallest absolute Gasteiger partial charge is 0.412 e. The monoisotopic (exact) mass is 544 g/mol. The number of carbonyl (C=O) groups excluding carboxylic acids is 1. The van der Waals surface area contributed by atoms with Crippen LogP contribution >= 0.6 is 30.7 Å². The zero-order chi connectivity index (χ0) is 25.5. The molecule has 12 heteroatoms. The topological polar surface area (TPSA) is 113 Å². The lowest BCUT2D eigenvalue weighted by Gasteiger charge is -2.27. The van der Waals surface area contributed by atoms with Crippen molar-refractivity contribution in [3.05, 3.63) is 64.6 Å². The van der Waals surface area contributed by atoms with E-state index < -0.39 is 29.2 Å². The Morgan fingerprint density at radius 2 is 1.56 bits per heavy atom. The predicted molar refractivity (Wildman–Crippen MR) is 136 cm³/mol. The van der Waals surface area contributed by atoms with E-state index in [1.54, 1.807) is 45.0 Å². The van der Waals surface area contributed by atoms with Gasteiger partial charge in [0.15, 0.2) is 0 Å². The van der Waals surface area contributed by atoms with Crippen molar-refractivity contribution in [3.63, 3.8) is 0 Å². The summed E-state index contributed by atoms with van der Waals surface area (Å²) in [6.45, 7) is 6.17. The van der Waals surface area contributed by atoms with E-state index in [0.717, 1.165) is 18.8 Å². The molecule has 0 radical (unpaired) electrons. The Morgan fingerprint density at radius 3 is 2.12 bits per heavy atom. The highest BCUT2D eigenvalue weighted by Crippen LogP contribution is 2.49. The molecule has 0 aliphatic carbocycles. The van der Waals surface area contributed by atoms with Crippen molar-refractivity contribution >= 4 is 69.0 Å². The number of benzene rings is 3. The van der Waals surface area contributed by atoms with Crippen LogP contribution in [0.2, 0.25) is 10.0 Å². The van der Waals surface area contributed by atoms with Gasteiger partial charge in [0.2, 0.25) is 0 Å². The lowest BCUT2D eigenvalue weighted by Crippen LogP contribution is -2.28. The van der Waals surface area contributed by atoms with Gasteiger partial charge in [-0.2, -0.15) is 4.08 Å². The molecule has 0 bridgehead atoms. The van der Waals surface area contributed by atoms with Crippen molar-refractivity contribution in [1.29, 1.82) is 0 Å². The Morgan fingerprint density at radius 1 is 1.00 bits per heavy atom. The fourth-order valence-electron chi connectivity index (χ4n) is 3.18. The van der Waals surface area contributed by atoms with E-state index in [1.165, 1.54) is 18.2 Å². The zero-order valence-electron chi connectivity index (χ0n) is 18.7. The highest BCUT2D eigenvalue weighted by atomic mass is 35.5.